The number of piperidine rings is 1. The Labute approximate surface area is 183 Å². The molecule has 1 aliphatic heterocycles. The van der Waals surface area contributed by atoms with Crippen LogP contribution in [0.1, 0.15) is 19.3 Å². The SMILES string of the molecule is O=S(=O)(c1ccc(-c2csc(Nc3ccc(I)cc3)n2)cc1)N1CCCCC1. The molecule has 4 rings (SSSR count). The summed E-state index contributed by atoms with van der Waals surface area (Å²) in [5.41, 5.74) is 2.73. The molecule has 1 aromatic heterocycles. The fourth-order valence-corrected chi connectivity index (χ4v) is 5.79. The summed E-state index contributed by atoms with van der Waals surface area (Å²) in [6.07, 6.45) is 2.98. The minimum absolute atomic E-state index is 0.352. The second kappa shape index (κ2) is 8.48. The second-order valence-electron chi connectivity index (χ2n) is 6.66. The van der Waals surface area contributed by atoms with E-state index in [1.807, 2.05) is 41.8 Å². The molecule has 0 atom stereocenters. The molecule has 146 valence electrons. The first kappa shape index (κ1) is 19.8. The van der Waals surface area contributed by atoms with E-state index in [4.69, 9.17) is 0 Å². The summed E-state index contributed by atoms with van der Waals surface area (Å²) in [7, 11) is -3.40. The first-order chi connectivity index (χ1) is 13.5. The number of sulfonamides is 1. The Bertz CT molecular complexity index is 1040. The second-order valence-corrected chi connectivity index (χ2v) is 10.7. The lowest BCUT2D eigenvalue weighted by molar-refractivity contribution is 0.346. The Balaban J connectivity index is 1.49. The minimum Gasteiger partial charge on any atom is -0.332 e. The van der Waals surface area contributed by atoms with Crippen LogP contribution in [0.15, 0.2) is 58.8 Å². The van der Waals surface area contributed by atoms with Crippen molar-refractivity contribution in [3.8, 4) is 11.3 Å². The Morgan fingerprint density at radius 1 is 0.964 bits per heavy atom. The summed E-state index contributed by atoms with van der Waals surface area (Å²) in [5, 5.41) is 6.08. The third-order valence-electron chi connectivity index (χ3n) is 4.70. The van der Waals surface area contributed by atoms with Crippen LogP contribution >= 0.6 is 33.9 Å². The Hall–Kier alpha value is -1.49. The normalized spacial score (nSPS) is 15.5. The molecule has 2 heterocycles. The van der Waals surface area contributed by atoms with Gasteiger partial charge in [0, 0.05) is 33.3 Å². The van der Waals surface area contributed by atoms with E-state index in [-0.39, 0.29) is 0 Å². The Kier molecular flexibility index (Phi) is 6.00. The highest BCUT2D eigenvalue weighted by molar-refractivity contribution is 14.1. The van der Waals surface area contributed by atoms with Gasteiger partial charge in [0.25, 0.3) is 0 Å². The lowest BCUT2D eigenvalue weighted by Crippen LogP contribution is -2.35. The number of thiazole rings is 1. The molecule has 1 fully saturated rings. The molecule has 1 aliphatic rings. The van der Waals surface area contributed by atoms with Crippen molar-refractivity contribution in [2.75, 3.05) is 18.4 Å². The van der Waals surface area contributed by atoms with Gasteiger partial charge < -0.3 is 5.32 Å². The van der Waals surface area contributed by atoms with E-state index in [0.717, 1.165) is 41.3 Å². The molecule has 2 aromatic carbocycles. The van der Waals surface area contributed by atoms with E-state index >= 15 is 0 Å². The average Bonchev–Trinajstić information content (AvgIpc) is 3.19. The Morgan fingerprint density at radius 2 is 1.64 bits per heavy atom. The van der Waals surface area contributed by atoms with E-state index in [0.29, 0.717) is 18.0 Å². The number of halogens is 1. The number of nitrogens with one attached hydrogen (secondary N) is 1. The molecule has 1 N–H and O–H groups in total. The van der Waals surface area contributed by atoms with Crippen molar-refractivity contribution in [1.82, 2.24) is 9.29 Å². The molecule has 0 spiro atoms. The van der Waals surface area contributed by atoms with Crippen molar-refractivity contribution >= 4 is 54.8 Å². The van der Waals surface area contributed by atoms with Gasteiger partial charge in [0.1, 0.15) is 0 Å². The zero-order chi connectivity index (χ0) is 19.6. The predicted octanol–water partition coefficient (Wildman–Crippen LogP) is 5.33. The molecule has 0 amide bonds. The number of hydrogen-bond acceptors (Lipinski definition) is 5. The van der Waals surface area contributed by atoms with Crippen LogP contribution in [-0.2, 0) is 10.0 Å². The van der Waals surface area contributed by atoms with Gasteiger partial charge in [-0.3, -0.25) is 0 Å². The van der Waals surface area contributed by atoms with Crippen molar-refractivity contribution in [3.63, 3.8) is 0 Å². The molecule has 0 bridgehead atoms. The third-order valence-corrected chi connectivity index (χ3v) is 8.09. The van der Waals surface area contributed by atoms with E-state index < -0.39 is 10.0 Å². The maximum absolute atomic E-state index is 12.8. The smallest absolute Gasteiger partial charge is 0.243 e. The minimum atomic E-state index is -3.40. The summed E-state index contributed by atoms with van der Waals surface area (Å²) < 4.78 is 28.3. The summed E-state index contributed by atoms with van der Waals surface area (Å²) in [6, 6.07) is 15.2. The van der Waals surface area contributed by atoms with Gasteiger partial charge in [0.2, 0.25) is 10.0 Å². The van der Waals surface area contributed by atoms with Crippen molar-refractivity contribution < 1.29 is 8.42 Å². The van der Waals surface area contributed by atoms with Crippen LogP contribution in [0, 0.1) is 3.57 Å². The zero-order valence-corrected chi connectivity index (χ0v) is 18.9. The zero-order valence-electron chi connectivity index (χ0n) is 15.1. The molecule has 1 saturated heterocycles. The van der Waals surface area contributed by atoms with Gasteiger partial charge in [0.05, 0.1) is 10.6 Å². The van der Waals surface area contributed by atoms with Crippen molar-refractivity contribution in [2.24, 2.45) is 0 Å². The van der Waals surface area contributed by atoms with E-state index in [2.05, 4.69) is 32.9 Å². The topological polar surface area (TPSA) is 62.3 Å². The van der Waals surface area contributed by atoms with Crippen LogP contribution in [0.25, 0.3) is 11.3 Å². The summed E-state index contributed by atoms with van der Waals surface area (Å²) in [6.45, 7) is 1.23. The fourth-order valence-electron chi connectivity index (χ4n) is 3.17. The summed E-state index contributed by atoms with van der Waals surface area (Å²) >= 11 is 3.80. The maximum Gasteiger partial charge on any atom is 0.243 e. The van der Waals surface area contributed by atoms with E-state index in [1.54, 1.807) is 16.4 Å². The quantitative estimate of drug-likeness (QED) is 0.458. The van der Waals surface area contributed by atoms with Gasteiger partial charge in [0.15, 0.2) is 5.13 Å². The molecule has 5 nitrogen and oxygen atoms in total. The molecule has 0 saturated carbocycles. The molecule has 0 aliphatic carbocycles. The molecule has 3 aromatic rings. The van der Waals surface area contributed by atoms with Crippen LogP contribution in [0.4, 0.5) is 10.8 Å². The lowest BCUT2D eigenvalue weighted by Gasteiger charge is -2.25. The molecule has 8 heteroatoms. The van der Waals surface area contributed by atoms with Crippen LogP contribution in [0.3, 0.4) is 0 Å². The highest BCUT2D eigenvalue weighted by Gasteiger charge is 2.25. The highest BCUT2D eigenvalue weighted by atomic mass is 127. The van der Waals surface area contributed by atoms with Crippen LogP contribution in [0.2, 0.25) is 0 Å². The summed E-state index contributed by atoms with van der Waals surface area (Å²) in [4.78, 5) is 4.98. The molecular formula is C20H20IN3O2S2. The molecule has 0 radical (unpaired) electrons. The average molecular weight is 525 g/mol. The maximum atomic E-state index is 12.8. The first-order valence-corrected chi connectivity index (χ1v) is 12.5. The van der Waals surface area contributed by atoms with Crippen LogP contribution < -0.4 is 5.32 Å². The van der Waals surface area contributed by atoms with Gasteiger partial charge in [-0.05, 0) is 71.8 Å². The number of rotatable bonds is 5. The van der Waals surface area contributed by atoms with Crippen molar-refractivity contribution in [3.05, 3.63) is 57.5 Å². The van der Waals surface area contributed by atoms with Gasteiger partial charge in [-0.2, -0.15) is 4.31 Å². The summed E-state index contributed by atoms with van der Waals surface area (Å²) in [5.74, 6) is 0. The van der Waals surface area contributed by atoms with Crippen molar-refractivity contribution in [1.29, 1.82) is 0 Å². The highest BCUT2D eigenvalue weighted by Crippen LogP contribution is 2.29. The first-order valence-electron chi connectivity index (χ1n) is 9.11. The number of benzene rings is 2. The van der Waals surface area contributed by atoms with E-state index in [9.17, 15) is 8.42 Å². The van der Waals surface area contributed by atoms with Gasteiger partial charge >= 0.3 is 0 Å². The van der Waals surface area contributed by atoms with Crippen molar-refractivity contribution in [2.45, 2.75) is 24.2 Å². The molecule has 28 heavy (non-hydrogen) atoms. The Morgan fingerprint density at radius 3 is 2.32 bits per heavy atom. The standard InChI is InChI=1S/C20H20IN3O2S2/c21-16-6-8-17(9-7-16)22-20-23-19(14-27-20)15-4-10-18(11-5-15)28(25,26)24-12-2-1-3-13-24/h4-11,14H,1-3,12-13H2,(H,22,23). The monoisotopic (exact) mass is 525 g/mol. The molecule has 0 unspecified atom stereocenters. The molecular weight excluding hydrogens is 505 g/mol. The van der Waals surface area contributed by atoms with Crippen LogP contribution in [0.5, 0.6) is 0 Å². The predicted molar refractivity (Wildman–Crippen MR) is 123 cm³/mol. The number of hydrogen-bond donors (Lipinski definition) is 1. The van der Waals surface area contributed by atoms with Gasteiger partial charge in [-0.15, -0.1) is 11.3 Å². The fraction of sp³-hybridized carbons (Fsp3) is 0.250. The van der Waals surface area contributed by atoms with Gasteiger partial charge in [-0.1, -0.05) is 18.6 Å². The van der Waals surface area contributed by atoms with E-state index in [1.165, 1.54) is 14.9 Å². The lowest BCUT2D eigenvalue weighted by atomic mass is 10.2. The van der Waals surface area contributed by atoms with Crippen LogP contribution in [-0.4, -0.2) is 30.8 Å². The largest absolute Gasteiger partial charge is 0.332 e. The number of aromatic nitrogens is 1. The third kappa shape index (κ3) is 4.40. The van der Waals surface area contributed by atoms with Gasteiger partial charge in [-0.25, -0.2) is 13.4 Å². The number of nitrogens with zero attached hydrogens (tertiary/aromatic N) is 2. The number of anilines is 2.